The van der Waals surface area contributed by atoms with Crippen molar-refractivity contribution in [3.05, 3.63) is 0 Å². The summed E-state index contributed by atoms with van der Waals surface area (Å²) in [4.78, 5) is 1.12. The molecule has 2 fully saturated rings. The van der Waals surface area contributed by atoms with Crippen LogP contribution in [0.4, 0.5) is 8.78 Å². The van der Waals surface area contributed by atoms with Crippen molar-refractivity contribution in [2.24, 2.45) is 5.41 Å². The molecule has 2 aliphatic heterocycles. The Morgan fingerprint density at radius 2 is 2.18 bits per heavy atom. The molecule has 2 nitrogen and oxygen atoms in total. The van der Waals surface area contributed by atoms with Gasteiger partial charge in [-0.05, 0) is 6.98 Å². The number of nitrogens with zero attached hydrogens (tertiary/aromatic N) is 1. The minimum atomic E-state index is -2.77. The van der Waals surface area contributed by atoms with Gasteiger partial charge in [-0.3, -0.25) is 0 Å². The van der Waals surface area contributed by atoms with Crippen molar-refractivity contribution >= 4 is 0 Å². The molecule has 0 aromatic rings. The molecule has 1 spiro atoms. The van der Waals surface area contributed by atoms with Crippen LogP contribution in [0.1, 0.15) is 4.11 Å². The first kappa shape index (κ1) is 4.72. The molecule has 0 aliphatic carbocycles. The normalized spacial score (nSPS) is 39.3. The summed E-state index contributed by atoms with van der Waals surface area (Å²) in [6, 6.07) is 0. The van der Waals surface area contributed by atoms with Crippen molar-refractivity contribution in [2.45, 2.75) is 5.92 Å². The van der Waals surface area contributed by atoms with Crippen LogP contribution in [-0.4, -0.2) is 44.0 Å². The van der Waals surface area contributed by atoms with Crippen LogP contribution in [-0.2, 0) is 0 Å². The average molecular weight is 165 g/mol. The number of hydrogen-bond donors (Lipinski definition) is 1. The van der Waals surface area contributed by atoms with E-state index in [9.17, 15) is 8.78 Å². The summed E-state index contributed by atoms with van der Waals surface area (Å²) in [5, 5.41) is 2.62. The van der Waals surface area contributed by atoms with Gasteiger partial charge in [0.25, 0.3) is 5.92 Å². The zero-order valence-electron chi connectivity index (χ0n) is 9.03. The molecule has 2 saturated heterocycles. The maximum absolute atomic E-state index is 13.3. The number of hydrogen-bond acceptors (Lipinski definition) is 2. The molecule has 0 bridgehead atoms. The Bertz CT molecular complexity index is 248. The Kier molecular flexibility index (Phi) is 0.827. The molecule has 64 valence electrons. The van der Waals surface area contributed by atoms with Crippen LogP contribution in [0.5, 0.6) is 0 Å². The third-order valence-corrected chi connectivity index (χ3v) is 2.57. The molecular formula is C7H12F2N2. The van der Waals surface area contributed by atoms with Gasteiger partial charge >= 0.3 is 0 Å². The lowest BCUT2D eigenvalue weighted by atomic mass is 9.77. The Labute approximate surface area is 68.8 Å². The minimum absolute atomic E-state index is 0.0382. The molecule has 0 unspecified atom stereocenters. The standard InChI is InChI=1S/C7H12F2N2/c1-11-4-6(5-11)2-10-3-7(6,8)9/h10H,2-5H2,1H3/i1D3. The van der Waals surface area contributed by atoms with Crippen molar-refractivity contribution in [3.8, 4) is 0 Å². The lowest BCUT2D eigenvalue weighted by Crippen LogP contribution is -2.63. The van der Waals surface area contributed by atoms with Gasteiger partial charge in [-0.1, -0.05) is 0 Å². The zero-order valence-corrected chi connectivity index (χ0v) is 6.03. The fourth-order valence-electron chi connectivity index (χ4n) is 1.80. The molecule has 2 rings (SSSR count). The van der Waals surface area contributed by atoms with Crippen molar-refractivity contribution in [3.63, 3.8) is 0 Å². The van der Waals surface area contributed by atoms with Crippen LogP contribution in [0.15, 0.2) is 0 Å². The molecule has 0 saturated carbocycles. The predicted molar refractivity (Wildman–Crippen MR) is 37.7 cm³/mol. The van der Waals surface area contributed by atoms with Crippen LogP contribution >= 0.6 is 0 Å². The quantitative estimate of drug-likeness (QED) is 0.550. The monoisotopic (exact) mass is 165 g/mol. The molecule has 1 N–H and O–H groups in total. The largest absolute Gasteiger partial charge is 0.310 e. The SMILES string of the molecule is [2H]C([2H])([2H])N1CC2(CNCC2(F)F)C1. The summed E-state index contributed by atoms with van der Waals surface area (Å²) in [5.74, 6) is -2.77. The van der Waals surface area contributed by atoms with E-state index >= 15 is 0 Å². The first-order valence-corrected chi connectivity index (χ1v) is 3.61. The fourth-order valence-corrected chi connectivity index (χ4v) is 1.80. The molecule has 11 heavy (non-hydrogen) atoms. The predicted octanol–water partition coefficient (Wildman–Crippen LogP) is 0.157. The summed E-state index contributed by atoms with van der Waals surface area (Å²) in [6.45, 7) is -2.43. The first-order chi connectivity index (χ1) is 6.27. The van der Waals surface area contributed by atoms with Crippen molar-refractivity contribution in [1.82, 2.24) is 10.2 Å². The first-order valence-electron chi connectivity index (χ1n) is 5.11. The minimum Gasteiger partial charge on any atom is -0.310 e. The molecule has 0 aromatic heterocycles. The van der Waals surface area contributed by atoms with Crippen molar-refractivity contribution in [1.29, 1.82) is 0 Å². The smallest absolute Gasteiger partial charge is 0.269 e. The second kappa shape index (κ2) is 1.93. The summed E-state index contributed by atoms with van der Waals surface area (Å²) < 4.78 is 47.8. The maximum Gasteiger partial charge on any atom is 0.269 e. The number of rotatable bonds is 0. The molecule has 0 radical (unpaired) electrons. The van der Waals surface area contributed by atoms with Gasteiger partial charge in [-0.15, -0.1) is 0 Å². The number of halogens is 2. The van der Waals surface area contributed by atoms with E-state index in [1.165, 1.54) is 0 Å². The van der Waals surface area contributed by atoms with Gasteiger partial charge < -0.3 is 10.2 Å². The second-order valence-electron chi connectivity index (χ2n) is 3.44. The van der Waals surface area contributed by atoms with Crippen molar-refractivity contribution in [2.75, 3.05) is 33.2 Å². The van der Waals surface area contributed by atoms with E-state index in [-0.39, 0.29) is 26.2 Å². The van der Waals surface area contributed by atoms with E-state index < -0.39 is 18.3 Å². The van der Waals surface area contributed by atoms with Gasteiger partial charge in [-0.2, -0.15) is 0 Å². The fraction of sp³-hybridized carbons (Fsp3) is 1.00. The molecule has 2 heterocycles. The van der Waals surface area contributed by atoms with E-state index in [0.717, 1.165) is 4.90 Å². The third-order valence-electron chi connectivity index (χ3n) is 2.57. The summed E-state index contributed by atoms with van der Waals surface area (Å²) in [7, 11) is 0. The third kappa shape index (κ3) is 0.825. The highest BCUT2D eigenvalue weighted by Crippen LogP contribution is 2.45. The van der Waals surface area contributed by atoms with Gasteiger partial charge in [0.1, 0.15) is 0 Å². The van der Waals surface area contributed by atoms with E-state index in [2.05, 4.69) is 5.32 Å². The Morgan fingerprint density at radius 3 is 2.64 bits per heavy atom. The number of nitrogens with one attached hydrogen (secondary N) is 1. The summed E-state index contributed by atoms with van der Waals surface area (Å²) >= 11 is 0. The Hall–Kier alpha value is -0.220. The lowest BCUT2D eigenvalue weighted by Gasteiger charge is -2.48. The molecular weight excluding hydrogens is 150 g/mol. The van der Waals surface area contributed by atoms with Gasteiger partial charge in [-0.25, -0.2) is 8.78 Å². The van der Waals surface area contributed by atoms with Gasteiger partial charge in [0, 0.05) is 23.7 Å². The molecule has 0 aromatic carbocycles. The highest BCUT2D eigenvalue weighted by atomic mass is 19.3. The van der Waals surface area contributed by atoms with Crippen LogP contribution < -0.4 is 5.32 Å². The summed E-state index contributed by atoms with van der Waals surface area (Å²) in [5.41, 5.74) is -1.14. The van der Waals surface area contributed by atoms with Crippen molar-refractivity contribution < 1.29 is 12.9 Å². The maximum atomic E-state index is 13.3. The van der Waals surface area contributed by atoms with E-state index in [0.29, 0.717) is 0 Å². The molecule has 4 heteroatoms. The topological polar surface area (TPSA) is 15.3 Å². The van der Waals surface area contributed by atoms with Crippen LogP contribution in [0.3, 0.4) is 0 Å². The summed E-state index contributed by atoms with van der Waals surface area (Å²) in [6.07, 6.45) is 0. The molecule has 0 amide bonds. The second-order valence-corrected chi connectivity index (χ2v) is 3.44. The van der Waals surface area contributed by atoms with Gasteiger partial charge in [0.15, 0.2) is 0 Å². The Balaban J connectivity index is 2.05. The highest BCUT2D eigenvalue weighted by Gasteiger charge is 2.62. The van der Waals surface area contributed by atoms with E-state index in [1.54, 1.807) is 0 Å². The highest BCUT2D eigenvalue weighted by molar-refractivity contribution is 5.09. The molecule has 2 aliphatic rings. The van der Waals surface area contributed by atoms with Gasteiger partial charge in [0.2, 0.25) is 0 Å². The Morgan fingerprint density at radius 1 is 1.45 bits per heavy atom. The van der Waals surface area contributed by atoms with E-state index in [1.807, 2.05) is 0 Å². The van der Waals surface area contributed by atoms with Crippen LogP contribution in [0, 0.1) is 5.41 Å². The van der Waals surface area contributed by atoms with E-state index in [4.69, 9.17) is 4.11 Å². The number of alkyl halides is 2. The zero-order chi connectivity index (χ0) is 10.6. The molecule has 0 atom stereocenters. The van der Waals surface area contributed by atoms with Crippen LogP contribution in [0.25, 0.3) is 0 Å². The van der Waals surface area contributed by atoms with Crippen LogP contribution in [0.2, 0.25) is 0 Å². The number of likely N-dealkylation sites (tertiary alicyclic amines) is 1. The average Bonchev–Trinajstić information content (AvgIpc) is 2.18. The van der Waals surface area contributed by atoms with Gasteiger partial charge in [0.05, 0.1) is 12.0 Å². The lowest BCUT2D eigenvalue weighted by molar-refractivity contribution is -0.149.